The topological polar surface area (TPSA) is 77.2 Å². The van der Waals surface area contributed by atoms with E-state index >= 15 is 0 Å². The van der Waals surface area contributed by atoms with E-state index < -0.39 is 0 Å². The van der Waals surface area contributed by atoms with Crippen molar-refractivity contribution in [1.82, 2.24) is 10.2 Å². The average Bonchev–Trinajstić information content (AvgIpc) is 2.77. The van der Waals surface area contributed by atoms with E-state index in [1.807, 2.05) is 36.4 Å². The first kappa shape index (κ1) is 13.1. The Kier molecular flexibility index (Phi) is 6.50. The number of nitrogens with zero attached hydrogens (tertiary/aromatic N) is 1. The summed E-state index contributed by atoms with van der Waals surface area (Å²) in [4.78, 5) is 10.6. The summed E-state index contributed by atoms with van der Waals surface area (Å²) < 4.78 is 0. The number of Topliss-reactive ketones (excluding diaryl/α,β-unsaturated/α-hetero) is 1. The number of H-pyrrole nitrogens is 1. The van der Waals surface area contributed by atoms with Crippen molar-refractivity contribution < 1.29 is 10.3 Å². The van der Waals surface area contributed by atoms with Crippen molar-refractivity contribution in [3.05, 3.63) is 54.4 Å². The second kappa shape index (κ2) is 7.46. The minimum absolute atomic E-state index is 0. The van der Waals surface area contributed by atoms with Gasteiger partial charge in [-0.1, -0.05) is 30.3 Å². The predicted octanol–water partition coefficient (Wildman–Crippen LogP) is 1.47. The van der Waals surface area contributed by atoms with E-state index in [0.29, 0.717) is 0 Å². The van der Waals surface area contributed by atoms with E-state index in [2.05, 4.69) is 10.2 Å². The van der Waals surface area contributed by atoms with Crippen LogP contribution in [0.25, 0.3) is 0 Å². The van der Waals surface area contributed by atoms with Crippen LogP contribution in [0, 0.1) is 0 Å². The van der Waals surface area contributed by atoms with Gasteiger partial charge in [-0.15, -0.1) is 0 Å². The third-order valence-electron chi connectivity index (χ3n) is 1.59. The fourth-order valence-corrected chi connectivity index (χ4v) is 0.888. The highest BCUT2D eigenvalue weighted by Gasteiger charge is 1.92. The highest BCUT2D eigenvalue weighted by Crippen LogP contribution is 1.97. The van der Waals surface area contributed by atoms with Crippen molar-refractivity contribution in [2.75, 3.05) is 0 Å². The van der Waals surface area contributed by atoms with Gasteiger partial charge in [0.25, 0.3) is 0 Å². The average molecular weight is 206 g/mol. The van der Waals surface area contributed by atoms with Gasteiger partial charge in [0.05, 0.1) is 0 Å². The number of hydrogen-bond acceptors (Lipinski definition) is 2. The van der Waals surface area contributed by atoms with Gasteiger partial charge in [-0.3, -0.25) is 9.89 Å². The molecule has 1 heterocycles. The minimum atomic E-state index is 0. The number of carbonyl (C=O) groups is 1. The van der Waals surface area contributed by atoms with Crippen molar-refractivity contribution in [3.63, 3.8) is 0 Å². The third-order valence-corrected chi connectivity index (χ3v) is 1.59. The van der Waals surface area contributed by atoms with Crippen molar-refractivity contribution in [2.45, 2.75) is 6.92 Å². The molecule has 0 aliphatic heterocycles. The van der Waals surface area contributed by atoms with Crippen LogP contribution in [0.1, 0.15) is 17.3 Å². The zero-order valence-electron chi connectivity index (χ0n) is 8.47. The SMILES string of the molecule is CC(=O)c1ccccc1.O.c1cn[nH]c1. The summed E-state index contributed by atoms with van der Waals surface area (Å²) in [5, 5.41) is 6.21. The van der Waals surface area contributed by atoms with Crippen LogP contribution in [-0.4, -0.2) is 21.5 Å². The molecule has 2 aromatic rings. The molecular formula is C11H14N2O2. The monoisotopic (exact) mass is 206 g/mol. The van der Waals surface area contributed by atoms with Crippen molar-refractivity contribution >= 4 is 5.78 Å². The fourth-order valence-electron chi connectivity index (χ4n) is 0.888. The van der Waals surface area contributed by atoms with E-state index in [0.717, 1.165) is 5.56 Å². The highest BCUT2D eigenvalue weighted by atomic mass is 16.1. The number of nitrogens with one attached hydrogen (secondary N) is 1. The normalized spacial score (nSPS) is 8.07. The second-order valence-corrected chi connectivity index (χ2v) is 2.69. The first-order valence-electron chi connectivity index (χ1n) is 4.30. The van der Waals surface area contributed by atoms with Gasteiger partial charge >= 0.3 is 0 Å². The maximum absolute atomic E-state index is 10.6. The van der Waals surface area contributed by atoms with Gasteiger partial charge in [-0.05, 0) is 13.0 Å². The summed E-state index contributed by atoms with van der Waals surface area (Å²) in [5.41, 5.74) is 0.775. The molecule has 0 spiro atoms. The minimum Gasteiger partial charge on any atom is -0.412 e. The van der Waals surface area contributed by atoms with Gasteiger partial charge in [-0.25, -0.2) is 0 Å². The molecule has 0 aliphatic carbocycles. The molecule has 3 N–H and O–H groups in total. The molecule has 15 heavy (non-hydrogen) atoms. The largest absolute Gasteiger partial charge is 0.412 e. The smallest absolute Gasteiger partial charge is 0.159 e. The maximum atomic E-state index is 10.6. The molecule has 0 saturated carbocycles. The lowest BCUT2D eigenvalue weighted by molar-refractivity contribution is 0.101. The van der Waals surface area contributed by atoms with Crippen LogP contribution in [0.4, 0.5) is 0 Å². The van der Waals surface area contributed by atoms with Crippen LogP contribution in [-0.2, 0) is 0 Å². The van der Waals surface area contributed by atoms with Crippen LogP contribution in [0.2, 0.25) is 0 Å². The van der Waals surface area contributed by atoms with Crippen molar-refractivity contribution in [2.24, 2.45) is 0 Å². The summed E-state index contributed by atoms with van der Waals surface area (Å²) in [7, 11) is 0. The third kappa shape index (κ3) is 5.38. The van der Waals surface area contributed by atoms with Crippen LogP contribution in [0.3, 0.4) is 0 Å². The Morgan fingerprint density at radius 1 is 1.20 bits per heavy atom. The number of hydrogen-bond donors (Lipinski definition) is 1. The molecule has 0 amide bonds. The van der Waals surface area contributed by atoms with Gasteiger partial charge in [0.2, 0.25) is 0 Å². The van der Waals surface area contributed by atoms with Gasteiger partial charge < -0.3 is 5.48 Å². The molecule has 0 fully saturated rings. The fraction of sp³-hybridized carbons (Fsp3) is 0.0909. The van der Waals surface area contributed by atoms with Gasteiger partial charge in [0, 0.05) is 18.0 Å². The van der Waals surface area contributed by atoms with E-state index in [1.165, 1.54) is 0 Å². The van der Waals surface area contributed by atoms with Gasteiger partial charge in [0.1, 0.15) is 0 Å². The summed E-state index contributed by atoms with van der Waals surface area (Å²) in [6.07, 6.45) is 3.46. The molecule has 4 nitrogen and oxygen atoms in total. The standard InChI is InChI=1S/C8H8O.C3H4N2.H2O/c1-7(9)8-5-3-2-4-6-8;1-2-4-5-3-1;/h2-6H,1H3;1-3H,(H,4,5);1H2. The molecule has 0 aliphatic rings. The zero-order valence-corrected chi connectivity index (χ0v) is 8.47. The number of aromatic nitrogens is 2. The number of carbonyl (C=O) groups excluding carboxylic acids is 1. The summed E-state index contributed by atoms with van der Waals surface area (Å²) in [5.74, 6) is 0.121. The van der Waals surface area contributed by atoms with E-state index in [-0.39, 0.29) is 11.3 Å². The Hall–Kier alpha value is -1.94. The van der Waals surface area contributed by atoms with Crippen molar-refractivity contribution in [3.8, 4) is 0 Å². The Morgan fingerprint density at radius 3 is 2.13 bits per heavy atom. The predicted molar refractivity (Wildman–Crippen MR) is 58.6 cm³/mol. The summed E-state index contributed by atoms with van der Waals surface area (Å²) in [6.45, 7) is 1.56. The molecule has 0 atom stereocenters. The molecule has 0 saturated heterocycles. The molecular weight excluding hydrogens is 192 g/mol. The molecule has 0 bridgehead atoms. The van der Waals surface area contributed by atoms with Crippen molar-refractivity contribution in [1.29, 1.82) is 0 Å². The Morgan fingerprint density at radius 2 is 1.87 bits per heavy atom. The Bertz CT molecular complexity index is 340. The van der Waals surface area contributed by atoms with Crippen LogP contribution >= 0.6 is 0 Å². The second-order valence-electron chi connectivity index (χ2n) is 2.69. The number of benzene rings is 1. The zero-order chi connectivity index (χ0) is 10.2. The van der Waals surface area contributed by atoms with E-state index in [9.17, 15) is 4.79 Å². The highest BCUT2D eigenvalue weighted by molar-refractivity contribution is 5.93. The molecule has 1 aromatic carbocycles. The molecule has 0 unspecified atom stereocenters. The first-order chi connectivity index (χ1) is 6.80. The molecule has 0 radical (unpaired) electrons. The summed E-state index contributed by atoms with van der Waals surface area (Å²) >= 11 is 0. The molecule has 80 valence electrons. The van der Waals surface area contributed by atoms with Gasteiger partial charge in [0.15, 0.2) is 5.78 Å². The van der Waals surface area contributed by atoms with E-state index in [1.54, 1.807) is 19.3 Å². The lowest BCUT2D eigenvalue weighted by Crippen LogP contribution is -1.88. The van der Waals surface area contributed by atoms with Crippen LogP contribution in [0.5, 0.6) is 0 Å². The maximum Gasteiger partial charge on any atom is 0.159 e. The quantitative estimate of drug-likeness (QED) is 0.717. The van der Waals surface area contributed by atoms with Crippen LogP contribution < -0.4 is 0 Å². The lowest BCUT2D eigenvalue weighted by atomic mass is 10.2. The molecule has 2 rings (SSSR count). The lowest BCUT2D eigenvalue weighted by Gasteiger charge is -1.89. The number of aromatic amines is 1. The Balaban J connectivity index is 0.000000280. The van der Waals surface area contributed by atoms with E-state index in [4.69, 9.17) is 0 Å². The molecule has 4 heteroatoms. The summed E-state index contributed by atoms with van der Waals surface area (Å²) in [6, 6.07) is 11.1. The number of ketones is 1. The Labute approximate surface area is 88.3 Å². The molecule has 1 aromatic heterocycles. The van der Waals surface area contributed by atoms with Gasteiger partial charge in [-0.2, -0.15) is 5.10 Å². The number of rotatable bonds is 1. The first-order valence-corrected chi connectivity index (χ1v) is 4.30. The van der Waals surface area contributed by atoms with Crippen LogP contribution in [0.15, 0.2) is 48.8 Å².